The number of ether oxygens (including phenoxy) is 1. The van der Waals surface area contributed by atoms with Crippen molar-refractivity contribution in [3.05, 3.63) is 47.9 Å². The molecule has 2 aliphatic heterocycles. The first-order valence-corrected chi connectivity index (χ1v) is 11.8. The first kappa shape index (κ1) is 22.0. The third-order valence-corrected chi connectivity index (χ3v) is 7.81. The minimum absolute atomic E-state index is 0.139. The number of aromatic nitrogens is 3. The van der Waals surface area contributed by atoms with Crippen molar-refractivity contribution in [2.24, 2.45) is 0 Å². The number of H-pyrrole nitrogens is 1. The zero-order chi connectivity index (χ0) is 24.4. The lowest BCUT2D eigenvalue weighted by Crippen LogP contribution is -2.56. The minimum Gasteiger partial charge on any atom is -0.474 e. The fourth-order valence-corrected chi connectivity index (χ4v) is 5.90. The second kappa shape index (κ2) is 7.74. The summed E-state index contributed by atoms with van der Waals surface area (Å²) in [5, 5.41) is 16.6. The number of hydrogen-bond acceptors (Lipinski definition) is 6. The van der Waals surface area contributed by atoms with Crippen molar-refractivity contribution in [1.29, 1.82) is 0 Å². The molecule has 35 heavy (non-hydrogen) atoms. The molecule has 1 unspecified atom stereocenters. The Morgan fingerprint density at radius 2 is 2.14 bits per heavy atom. The maximum atomic E-state index is 15.1. The molecule has 6 rings (SSSR count). The molecule has 3 aromatic rings. The van der Waals surface area contributed by atoms with Gasteiger partial charge in [-0.15, -0.1) is 0 Å². The lowest BCUT2D eigenvalue weighted by molar-refractivity contribution is -0.137. The number of nitrogens with zero attached hydrogens (tertiary/aromatic N) is 4. The highest BCUT2D eigenvalue weighted by molar-refractivity contribution is 6.11. The molecular formula is C25H26FN5O4. The van der Waals surface area contributed by atoms with Crippen LogP contribution < -0.4 is 9.64 Å². The van der Waals surface area contributed by atoms with E-state index in [1.54, 1.807) is 29.3 Å². The van der Waals surface area contributed by atoms with E-state index >= 15 is 4.39 Å². The topological polar surface area (TPSA) is 112 Å². The molecule has 0 bridgehead atoms. The van der Waals surface area contributed by atoms with Crippen molar-refractivity contribution < 1.29 is 23.8 Å². The lowest BCUT2D eigenvalue weighted by Gasteiger charge is -2.43. The molecule has 3 aliphatic rings. The number of aliphatic hydroxyl groups excluding tert-OH is 1. The molecule has 1 saturated heterocycles. The van der Waals surface area contributed by atoms with Crippen molar-refractivity contribution >= 4 is 28.5 Å². The molecule has 10 heteroatoms. The van der Waals surface area contributed by atoms with E-state index in [0.29, 0.717) is 48.5 Å². The summed E-state index contributed by atoms with van der Waals surface area (Å²) in [6.45, 7) is 2.06. The fourth-order valence-electron chi connectivity index (χ4n) is 5.90. The number of carbonyl (C=O) groups excluding carboxylic acids is 2. The Morgan fingerprint density at radius 3 is 2.94 bits per heavy atom. The van der Waals surface area contributed by atoms with Gasteiger partial charge in [0.15, 0.2) is 0 Å². The van der Waals surface area contributed by atoms with Gasteiger partial charge in [-0.25, -0.2) is 9.37 Å². The maximum absolute atomic E-state index is 15.1. The molecule has 1 atom stereocenters. The first-order chi connectivity index (χ1) is 16.8. The Morgan fingerprint density at radius 1 is 1.31 bits per heavy atom. The summed E-state index contributed by atoms with van der Waals surface area (Å²) in [6, 6.07) is 8.15. The highest BCUT2D eigenvalue weighted by Crippen LogP contribution is 2.55. The number of hydrogen-bond donors (Lipinski definition) is 2. The van der Waals surface area contributed by atoms with Crippen LogP contribution in [-0.4, -0.2) is 68.3 Å². The molecule has 4 heterocycles. The van der Waals surface area contributed by atoms with E-state index in [1.807, 2.05) is 13.0 Å². The van der Waals surface area contributed by atoms with Crippen LogP contribution in [0.15, 0.2) is 36.5 Å². The van der Waals surface area contributed by atoms with Gasteiger partial charge in [-0.3, -0.25) is 14.7 Å². The molecule has 0 radical (unpaired) electrons. The van der Waals surface area contributed by atoms with Crippen LogP contribution in [0.25, 0.3) is 11.0 Å². The summed E-state index contributed by atoms with van der Waals surface area (Å²) in [6.07, 6.45) is 3.39. The van der Waals surface area contributed by atoms with E-state index in [-0.39, 0.29) is 31.1 Å². The van der Waals surface area contributed by atoms with Crippen molar-refractivity contribution in [2.75, 3.05) is 24.6 Å². The van der Waals surface area contributed by atoms with Crippen LogP contribution in [-0.2, 0) is 15.0 Å². The van der Waals surface area contributed by atoms with Crippen molar-refractivity contribution in [1.82, 2.24) is 20.1 Å². The predicted molar refractivity (Wildman–Crippen MR) is 124 cm³/mol. The number of halogens is 1. The zero-order valence-electron chi connectivity index (χ0n) is 19.3. The van der Waals surface area contributed by atoms with Crippen LogP contribution >= 0.6 is 0 Å². The third-order valence-electron chi connectivity index (χ3n) is 7.81. The number of aromatic amines is 1. The Labute approximate surface area is 200 Å². The number of pyridine rings is 1. The zero-order valence-corrected chi connectivity index (χ0v) is 19.3. The number of likely N-dealkylation sites (tertiary alicyclic amines) is 1. The van der Waals surface area contributed by atoms with Crippen LogP contribution in [0.4, 0.5) is 10.1 Å². The Bertz CT molecular complexity index is 1340. The molecule has 1 aromatic carbocycles. The second-order valence-corrected chi connectivity index (χ2v) is 10.0. The van der Waals surface area contributed by atoms with Crippen LogP contribution in [0, 0.1) is 5.82 Å². The van der Waals surface area contributed by atoms with E-state index in [2.05, 4.69) is 15.2 Å². The molecule has 182 valence electrons. The summed E-state index contributed by atoms with van der Waals surface area (Å²) in [7, 11) is 0. The molecule has 2 amide bonds. The van der Waals surface area contributed by atoms with Gasteiger partial charge in [0.1, 0.15) is 24.0 Å². The van der Waals surface area contributed by atoms with Crippen LogP contribution in [0.2, 0.25) is 0 Å². The number of anilines is 1. The van der Waals surface area contributed by atoms with Crippen molar-refractivity contribution in [2.45, 2.75) is 49.7 Å². The van der Waals surface area contributed by atoms with Crippen molar-refractivity contribution in [3.8, 4) is 5.88 Å². The van der Waals surface area contributed by atoms with Gasteiger partial charge in [-0.05, 0) is 38.0 Å². The summed E-state index contributed by atoms with van der Waals surface area (Å²) >= 11 is 0. The number of nitrogens with one attached hydrogen (secondary N) is 1. The van der Waals surface area contributed by atoms with Gasteiger partial charge in [0.2, 0.25) is 17.7 Å². The Hall–Kier alpha value is -3.53. The van der Waals surface area contributed by atoms with Gasteiger partial charge in [0, 0.05) is 31.0 Å². The number of aliphatic hydroxyl groups is 1. The number of benzene rings is 1. The van der Waals surface area contributed by atoms with E-state index in [1.165, 1.54) is 11.0 Å². The summed E-state index contributed by atoms with van der Waals surface area (Å²) < 4.78 is 21.1. The van der Waals surface area contributed by atoms with Gasteiger partial charge in [-0.2, -0.15) is 5.10 Å². The summed E-state index contributed by atoms with van der Waals surface area (Å²) in [5.41, 5.74) is 0.538. The first-order valence-electron chi connectivity index (χ1n) is 11.8. The molecule has 9 nitrogen and oxygen atoms in total. The number of fused-ring (bicyclic) bond motifs is 3. The normalized spacial score (nSPS) is 27.5. The lowest BCUT2D eigenvalue weighted by atomic mass is 9.63. The molecule has 2 aromatic heterocycles. The van der Waals surface area contributed by atoms with Gasteiger partial charge >= 0.3 is 0 Å². The van der Waals surface area contributed by atoms with Gasteiger partial charge in [0.25, 0.3) is 0 Å². The molecule has 2 N–H and O–H groups in total. The van der Waals surface area contributed by atoms with E-state index < -0.39 is 16.8 Å². The van der Waals surface area contributed by atoms with Crippen LogP contribution in [0.5, 0.6) is 5.88 Å². The number of amides is 2. The molecule has 1 aliphatic carbocycles. The fraction of sp³-hybridized carbons (Fsp3) is 0.440. The minimum atomic E-state index is -1.06. The molecular weight excluding hydrogens is 453 g/mol. The number of carbonyl (C=O) groups is 2. The van der Waals surface area contributed by atoms with E-state index in [9.17, 15) is 14.7 Å². The Kier molecular flexibility index (Phi) is 4.86. The highest BCUT2D eigenvalue weighted by atomic mass is 19.1. The summed E-state index contributed by atoms with van der Waals surface area (Å²) in [5.74, 6) is -0.566. The van der Waals surface area contributed by atoms with Crippen LogP contribution in [0.1, 0.15) is 38.2 Å². The summed E-state index contributed by atoms with van der Waals surface area (Å²) in [4.78, 5) is 34.4. The third kappa shape index (κ3) is 3.23. The standard InChI is InChI=1S/C25H26FN5O4/c1-24(14-32)8-3-9-31(24)21(33)13-30-19-5-2-4-16(26)22(19)25(23(30)34)10-15(11-25)35-20-7-6-17-18(28-20)12-27-29-17/h2,4-7,12,15,32H,3,8-11,13-14H2,1H3,(H,27,29). The van der Waals surface area contributed by atoms with Gasteiger partial charge in [-0.1, -0.05) is 6.07 Å². The smallest absolute Gasteiger partial charge is 0.243 e. The van der Waals surface area contributed by atoms with E-state index in [4.69, 9.17) is 4.74 Å². The molecule has 1 saturated carbocycles. The quantitative estimate of drug-likeness (QED) is 0.581. The molecule has 1 spiro atoms. The predicted octanol–water partition coefficient (Wildman–Crippen LogP) is 2.30. The maximum Gasteiger partial charge on any atom is 0.243 e. The van der Waals surface area contributed by atoms with Crippen molar-refractivity contribution in [3.63, 3.8) is 0 Å². The SMILES string of the molecule is CC1(CO)CCCN1C(=O)CN1C(=O)C2(CC(Oc3ccc4[nH]ncc4n3)C2)c2c(F)cccc21. The van der Waals surface area contributed by atoms with Crippen LogP contribution in [0.3, 0.4) is 0 Å². The largest absolute Gasteiger partial charge is 0.474 e. The molecule has 2 fully saturated rings. The van der Waals surface area contributed by atoms with Gasteiger partial charge < -0.3 is 19.6 Å². The average molecular weight is 480 g/mol. The monoisotopic (exact) mass is 479 g/mol. The van der Waals surface area contributed by atoms with Gasteiger partial charge in [0.05, 0.1) is 35.0 Å². The van der Waals surface area contributed by atoms with E-state index in [0.717, 1.165) is 11.9 Å². The Balaban J connectivity index is 1.24. The number of rotatable bonds is 5. The second-order valence-electron chi connectivity index (χ2n) is 10.0. The highest BCUT2D eigenvalue weighted by Gasteiger charge is 2.61. The average Bonchev–Trinajstić information content (AvgIpc) is 3.51.